The summed E-state index contributed by atoms with van der Waals surface area (Å²) in [6, 6.07) is 54.7. The molecule has 1 aromatic heterocycles. The molecule has 0 amide bonds. The molecule has 0 spiro atoms. The number of furan rings is 1. The Morgan fingerprint density at radius 3 is 2.04 bits per heavy atom. The Kier molecular flexibility index (Phi) is 5.58. The van der Waals surface area contributed by atoms with Crippen molar-refractivity contribution in [2.75, 3.05) is 4.90 Å². The minimum Gasteiger partial charge on any atom is -0.456 e. The number of para-hydroxylation sites is 1. The Morgan fingerprint density at radius 1 is 0.489 bits per heavy atom. The van der Waals surface area contributed by atoms with Crippen LogP contribution in [0.15, 0.2) is 156 Å². The first-order valence-corrected chi connectivity index (χ1v) is 15.6. The summed E-state index contributed by atoms with van der Waals surface area (Å²) >= 11 is 0. The summed E-state index contributed by atoms with van der Waals surface area (Å²) in [5.74, 6) is 0. The third kappa shape index (κ3) is 3.96. The molecule has 1 heterocycles. The van der Waals surface area contributed by atoms with Gasteiger partial charge in [0.15, 0.2) is 0 Å². The first-order valence-electron chi connectivity index (χ1n) is 15.6. The molecule has 8 aromatic rings. The first-order chi connectivity index (χ1) is 22.1. The molecule has 214 valence electrons. The average Bonchev–Trinajstić information content (AvgIpc) is 3.56. The molecule has 0 saturated heterocycles. The average molecular weight is 578 g/mol. The maximum atomic E-state index is 6.36. The highest BCUT2D eigenvalue weighted by atomic mass is 16.3. The maximum absolute atomic E-state index is 6.36. The molecule has 0 unspecified atom stereocenters. The summed E-state index contributed by atoms with van der Waals surface area (Å²) in [7, 11) is 0. The van der Waals surface area contributed by atoms with Crippen molar-refractivity contribution in [3.63, 3.8) is 0 Å². The maximum Gasteiger partial charge on any atom is 0.136 e. The third-order valence-electron chi connectivity index (χ3n) is 9.61. The molecule has 45 heavy (non-hydrogen) atoms. The smallest absolute Gasteiger partial charge is 0.136 e. The molecule has 0 fully saturated rings. The van der Waals surface area contributed by atoms with E-state index in [1.54, 1.807) is 0 Å². The molecule has 9 rings (SSSR count). The summed E-state index contributed by atoms with van der Waals surface area (Å²) in [6.45, 7) is 4.73. The fraction of sp³-hybridized carbons (Fsp3) is 0.0698. The molecule has 1 aliphatic rings. The number of benzene rings is 7. The lowest BCUT2D eigenvalue weighted by molar-refractivity contribution is 0.658. The Hall–Kier alpha value is -5.60. The predicted molar refractivity (Wildman–Crippen MR) is 189 cm³/mol. The lowest BCUT2D eigenvalue weighted by atomic mass is 9.80. The molecule has 1 aliphatic carbocycles. The van der Waals surface area contributed by atoms with Crippen molar-refractivity contribution < 1.29 is 4.42 Å². The summed E-state index contributed by atoms with van der Waals surface area (Å²) in [4.78, 5) is 2.44. The Balaban J connectivity index is 1.26. The Labute approximate surface area is 262 Å². The van der Waals surface area contributed by atoms with Crippen molar-refractivity contribution in [3.8, 4) is 22.3 Å². The molecule has 2 nitrogen and oxygen atoms in total. The van der Waals surface area contributed by atoms with Gasteiger partial charge in [-0.2, -0.15) is 0 Å². The normalized spacial score (nSPS) is 13.3. The van der Waals surface area contributed by atoms with Crippen LogP contribution in [-0.2, 0) is 5.41 Å². The van der Waals surface area contributed by atoms with Crippen molar-refractivity contribution in [2.45, 2.75) is 19.3 Å². The summed E-state index contributed by atoms with van der Waals surface area (Å²) in [6.07, 6.45) is 0. The quantitative estimate of drug-likeness (QED) is 0.207. The van der Waals surface area contributed by atoms with E-state index in [-0.39, 0.29) is 5.41 Å². The van der Waals surface area contributed by atoms with Crippen molar-refractivity contribution >= 4 is 49.8 Å². The van der Waals surface area contributed by atoms with E-state index in [0.29, 0.717) is 0 Å². The minimum absolute atomic E-state index is 0.229. The fourth-order valence-electron chi connectivity index (χ4n) is 7.43. The van der Waals surface area contributed by atoms with Crippen LogP contribution in [0.3, 0.4) is 0 Å². The van der Waals surface area contributed by atoms with Gasteiger partial charge in [-0.3, -0.25) is 0 Å². The molecule has 0 bridgehead atoms. The van der Waals surface area contributed by atoms with Gasteiger partial charge >= 0.3 is 0 Å². The van der Waals surface area contributed by atoms with Gasteiger partial charge in [0.25, 0.3) is 0 Å². The number of rotatable bonds is 4. The highest BCUT2D eigenvalue weighted by Crippen LogP contribution is 2.55. The van der Waals surface area contributed by atoms with Crippen molar-refractivity contribution in [3.05, 3.63) is 163 Å². The van der Waals surface area contributed by atoms with Gasteiger partial charge in [0.05, 0.1) is 5.69 Å². The van der Waals surface area contributed by atoms with Gasteiger partial charge < -0.3 is 9.32 Å². The van der Waals surface area contributed by atoms with Crippen molar-refractivity contribution in [1.82, 2.24) is 0 Å². The second-order valence-corrected chi connectivity index (χ2v) is 12.6. The van der Waals surface area contributed by atoms with E-state index >= 15 is 0 Å². The standard InChI is InChI=1S/C43H31NO/c1-43(2)38-26-37-34-15-8-9-18-40(34)45-41(37)27-36(38)35-16-10-17-39(42(35)43)44(33-24-21-29-13-6-7-14-31(29)25-33)32-22-19-30(20-23-32)28-11-4-3-5-12-28/h3-27H,1-2H3. The highest BCUT2D eigenvalue weighted by molar-refractivity contribution is 6.08. The molecule has 7 aromatic carbocycles. The summed E-state index contributed by atoms with van der Waals surface area (Å²) in [5.41, 5.74) is 12.7. The van der Waals surface area contributed by atoms with E-state index in [1.165, 1.54) is 60.6 Å². The molecule has 2 heteroatoms. The van der Waals surface area contributed by atoms with Crippen LogP contribution in [0.1, 0.15) is 25.0 Å². The van der Waals surface area contributed by atoms with Crippen LogP contribution in [0.25, 0.3) is 55.0 Å². The Bertz CT molecular complexity index is 2400. The van der Waals surface area contributed by atoms with E-state index in [0.717, 1.165) is 22.5 Å². The van der Waals surface area contributed by atoms with Crippen LogP contribution >= 0.6 is 0 Å². The molecule has 0 radical (unpaired) electrons. The van der Waals surface area contributed by atoms with E-state index in [4.69, 9.17) is 4.42 Å². The molecular weight excluding hydrogens is 546 g/mol. The van der Waals surface area contributed by atoms with Gasteiger partial charge in [0, 0.05) is 27.6 Å². The summed E-state index contributed by atoms with van der Waals surface area (Å²) < 4.78 is 6.36. The van der Waals surface area contributed by atoms with E-state index < -0.39 is 0 Å². The van der Waals surface area contributed by atoms with Gasteiger partial charge in [-0.1, -0.05) is 117 Å². The number of fused-ring (bicyclic) bond motifs is 7. The van der Waals surface area contributed by atoms with Crippen LogP contribution in [-0.4, -0.2) is 0 Å². The van der Waals surface area contributed by atoms with E-state index in [1.807, 2.05) is 6.07 Å². The SMILES string of the molecule is CC1(C)c2cc3c(cc2-c2cccc(N(c4ccc(-c5ccccc5)cc4)c4ccc5ccccc5c4)c21)oc1ccccc13. The van der Waals surface area contributed by atoms with Crippen molar-refractivity contribution in [1.29, 1.82) is 0 Å². The highest BCUT2D eigenvalue weighted by Gasteiger charge is 2.39. The molecule has 0 atom stereocenters. The molecule has 0 aliphatic heterocycles. The minimum atomic E-state index is -0.229. The zero-order chi connectivity index (χ0) is 30.1. The Morgan fingerprint density at radius 2 is 1.20 bits per heavy atom. The number of nitrogens with zero attached hydrogens (tertiary/aromatic N) is 1. The number of hydrogen-bond donors (Lipinski definition) is 0. The number of hydrogen-bond acceptors (Lipinski definition) is 2. The lowest BCUT2D eigenvalue weighted by Crippen LogP contribution is -2.20. The second kappa shape index (κ2) is 9.70. The molecule has 0 saturated carbocycles. The zero-order valence-electron chi connectivity index (χ0n) is 25.3. The number of anilines is 3. The lowest BCUT2D eigenvalue weighted by Gasteiger charge is -2.32. The van der Waals surface area contributed by atoms with Crippen LogP contribution < -0.4 is 4.90 Å². The van der Waals surface area contributed by atoms with Crippen LogP contribution in [0.5, 0.6) is 0 Å². The van der Waals surface area contributed by atoms with Crippen molar-refractivity contribution in [2.24, 2.45) is 0 Å². The monoisotopic (exact) mass is 577 g/mol. The van der Waals surface area contributed by atoms with Crippen LogP contribution in [0, 0.1) is 0 Å². The van der Waals surface area contributed by atoms with E-state index in [2.05, 4.69) is 164 Å². The van der Waals surface area contributed by atoms with Crippen LogP contribution in [0.4, 0.5) is 17.1 Å². The topological polar surface area (TPSA) is 16.4 Å². The largest absolute Gasteiger partial charge is 0.456 e. The van der Waals surface area contributed by atoms with Crippen LogP contribution in [0.2, 0.25) is 0 Å². The van der Waals surface area contributed by atoms with Gasteiger partial charge in [-0.15, -0.1) is 0 Å². The molecular formula is C43H31NO. The van der Waals surface area contributed by atoms with Gasteiger partial charge in [0.2, 0.25) is 0 Å². The fourth-order valence-corrected chi connectivity index (χ4v) is 7.43. The van der Waals surface area contributed by atoms with E-state index in [9.17, 15) is 0 Å². The summed E-state index contributed by atoms with van der Waals surface area (Å²) in [5, 5.41) is 4.80. The van der Waals surface area contributed by atoms with Gasteiger partial charge in [0.1, 0.15) is 11.2 Å². The first kappa shape index (κ1) is 25.9. The zero-order valence-corrected chi connectivity index (χ0v) is 25.3. The second-order valence-electron chi connectivity index (χ2n) is 12.6. The molecule has 0 N–H and O–H groups in total. The third-order valence-corrected chi connectivity index (χ3v) is 9.61. The van der Waals surface area contributed by atoms with Gasteiger partial charge in [-0.25, -0.2) is 0 Å². The van der Waals surface area contributed by atoms with Gasteiger partial charge in [-0.05, 0) is 92.7 Å². The predicted octanol–water partition coefficient (Wildman–Crippen LogP) is 12.2.